The summed E-state index contributed by atoms with van der Waals surface area (Å²) in [5, 5.41) is 8.48. The minimum Gasteiger partial charge on any atom is -0.493 e. The molecule has 1 aromatic carbocycles. The highest BCUT2D eigenvalue weighted by Crippen LogP contribution is 2.35. The van der Waals surface area contributed by atoms with Crippen LogP contribution < -0.4 is 4.74 Å². The van der Waals surface area contributed by atoms with Crippen molar-refractivity contribution in [2.45, 2.75) is 20.0 Å². The molecular formula is C14H15F3O3. The van der Waals surface area contributed by atoms with Crippen molar-refractivity contribution in [2.75, 3.05) is 6.61 Å². The summed E-state index contributed by atoms with van der Waals surface area (Å²) in [6.45, 7) is 4.07. The van der Waals surface area contributed by atoms with Crippen LogP contribution in [0.1, 0.15) is 25.0 Å². The SMILES string of the molecule is CC(C)COc1ccc(/C=C/C(=O)O)c(C(F)(F)F)c1. The Balaban J connectivity index is 3.10. The fraction of sp³-hybridized carbons (Fsp3) is 0.357. The molecule has 0 aliphatic heterocycles. The van der Waals surface area contributed by atoms with E-state index in [2.05, 4.69) is 0 Å². The molecule has 0 spiro atoms. The molecule has 110 valence electrons. The van der Waals surface area contributed by atoms with Crippen LogP contribution in [-0.4, -0.2) is 17.7 Å². The molecule has 0 saturated heterocycles. The first-order valence-corrected chi connectivity index (χ1v) is 5.95. The first-order valence-electron chi connectivity index (χ1n) is 5.95. The van der Waals surface area contributed by atoms with Crippen molar-refractivity contribution in [3.8, 4) is 5.75 Å². The van der Waals surface area contributed by atoms with Gasteiger partial charge in [-0.05, 0) is 29.7 Å². The summed E-state index contributed by atoms with van der Waals surface area (Å²) in [4.78, 5) is 10.4. The van der Waals surface area contributed by atoms with Crippen LogP contribution in [0.15, 0.2) is 24.3 Å². The molecule has 0 unspecified atom stereocenters. The molecule has 6 heteroatoms. The van der Waals surface area contributed by atoms with Gasteiger partial charge in [-0.2, -0.15) is 13.2 Å². The fourth-order valence-corrected chi connectivity index (χ4v) is 1.44. The lowest BCUT2D eigenvalue weighted by Gasteiger charge is -2.14. The molecule has 0 saturated carbocycles. The number of alkyl halides is 3. The number of rotatable bonds is 5. The first kappa shape index (κ1) is 16.1. The van der Waals surface area contributed by atoms with E-state index < -0.39 is 17.7 Å². The van der Waals surface area contributed by atoms with Crippen LogP contribution in [0.4, 0.5) is 13.2 Å². The Morgan fingerprint density at radius 2 is 2.05 bits per heavy atom. The quantitative estimate of drug-likeness (QED) is 0.837. The van der Waals surface area contributed by atoms with E-state index in [0.29, 0.717) is 12.7 Å². The number of hydrogen-bond donors (Lipinski definition) is 1. The van der Waals surface area contributed by atoms with Gasteiger partial charge in [0.1, 0.15) is 5.75 Å². The third kappa shape index (κ3) is 4.95. The zero-order chi connectivity index (χ0) is 15.3. The predicted octanol–water partition coefficient (Wildman–Crippen LogP) is 3.84. The molecule has 0 amide bonds. The zero-order valence-electron chi connectivity index (χ0n) is 11.1. The van der Waals surface area contributed by atoms with E-state index in [1.165, 1.54) is 12.1 Å². The molecule has 3 nitrogen and oxygen atoms in total. The van der Waals surface area contributed by atoms with Crippen molar-refractivity contribution in [3.05, 3.63) is 35.4 Å². The predicted molar refractivity (Wildman–Crippen MR) is 68.4 cm³/mol. The Kier molecular flexibility index (Phi) is 5.19. The van der Waals surface area contributed by atoms with Crippen molar-refractivity contribution in [2.24, 2.45) is 5.92 Å². The molecule has 20 heavy (non-hydrogen) atoms. The summed E-state index contributed by atoms with van der Waals surface area (Å²) in [5.74, 6) is -1.01. The molecule has 0 radical (unpaired) electrons. The van der Waals surface area contributed by atoms with Crippen LogP contribution in [0.5, 0.6) is 5.75 Å². The van der Waals surface area contributed by atoms with Crippen LogP contribution in [0.25, 0.3) is 6.08 Å². The summed E-state index contributed by atoms with van der Waals surface area (Å²) in [6.07, 6.45) is -2.99. The number of ether oxygens (including phenoxy) is 1. The highest BCUT2D eigenvalue weighted by molar-refractivity contribution is 5.85. The zero-order valence-corrected chi connectivity index (χ0v) is 11.1. The van der Waals surface area contributed by atoms with Crippen molar-refractivity contribution in [3.63, 3.8) is 0 Å². The Hall–Kier alpha value is -1.98. The van der Waals surface area contributed by atoms with Crippen LogP contribution in [0, 0.1) is 5.92 Å². The largest absolute Gasteiger partial charge is 0.493 e. The molecule has 0 aliphatic carbocycles. The summed E-state index contributed by atoms with van der Waals surface area (Å²) < 4.78 is 44.0. The van der Waals surface area contributed by atoms with Gasteiger partial charge in [0.15, 0.2) is 0 Å². The van der Waals surface area contributed by atoms with E-state index in [4.69, 9.17) is 9.84 Å². The van der Waals surface area contributed by atoms with Gasteiger partial charge in [0.2, 0.25) is 0 Å². The molecule has 0 heterocycles. The average molecular weight is 288 g/mol. The second-order valence-corrected chi connectivity index (χ2v) is 4.62. The summed E-state index contributed by atoms with van der Waals surface area (Å²) in [6, 6.07) is 3.46. The van der Waals surface area contributed by atoms with Crippen molar-refractivity contribution in [1.82, 2.24) is 0 Å². The second kappa shape index (κ2) is 6.45. The topological polar surface area (TPSA) is 46.5 Å². The van der Waals surface area contributed by atoms with Crippen LogP contribution in [-0.2, 0) is 11.0 Å². The number of carbonyl (C=O) groups is 1. The molecular weight excluding hydrogens is 273 g/mol. The van der Waals surface area contributed by atoms with E-state index in [1.807, 2.05) is 13.8 Å². The Morgan fingerprint density at radius 3 is 2.55 bits per heavy atom. The van der Waals surface area contributed by atoms with E-state index in [1.54, 1.807) is 0 Å². The number of carboxylic acids is 1. The van der Waals surface area contributed by atoms with E-state index in [0.717, 1.165) is 12.1 Å². The molecule has 1 aromatic rings. The maximum absolute atomic E-state index is 12.9. The van der Waals surface area contributed by atoms with Crippen molar-refractivity contribution >= 4 is 12.0 Å². The summed E-state index contributed by atoms with van der Waals surface area (Å²) >= 11 is 0. The van der Waals surface area contributed by atoms with E-state index in [-0.39, 0.29) is 17.2 Å². The molecule has 0 aromatic heterocycles. The van der Waals surface area contributed by atoms with Crippen molar-refractivity contribution in [1.29, 1.82) is 0 Å². The maximum Gasteiger partial charge on any atom is 0.417 e. The minimum absolute atomic E-state index is 0.110. The number of halogens is 3. The highest BCUT2D eigenvalue weighted by Gasteiger charge is 2.33. The molecule has 1 rings (SSSR count). The van der Waals surface area contributed by atoms with Gasteiger partial charge in [-0.15, -0.1) is 0 Å². The number of carboxylic acid groups (broad SMARTS) is 1. The average Bonchev–Trinajstić information content (AvgIpc) is 2.33. The standard InChI is InChI=1S/C14H15F3O3/c1-9(2)8-20-11-5-3-10(4-6-13(18)19)12(7-11)14(15,16)17/h3-7,9H,8H2,1-2H3,(H,18,19)/b6-4+. The number of aliphatic carboxylic acids is 1. The van der Waals surface area contributed by atoms with Crippen molar-refractivity contribution < 1.29 is 27.8 Å². The lowest BCUT2D eigenvalue weighted by Crippen LogP contribution is -2.09. The van der Waals surface area contributed by atoms with E-state index in [9.17, 15) is 18.0 Å². The number of hydrogen-bond acceptors (Lipinski definition) is 2. The van der Waals surface area contributed by atoms with Gasteiger partial charge in [-0.25, -0.2) is 4.79 Å². The molecule has 0 atom stereocenters. The van der Waals surface area contributed by atoms with Crippen LogP contribution >= 0.6 is 0 Å². The van der Waals surface area contributed by atoms with Gasteiger partial charge in [0.25, 0.3) is 0 Å². The molecule has 0 fully saturated rings. The van der Waals surface area contributed by atoms with Gasteiger partial charge in [0.05, 0.1) is 12.2 Å². The molecule has 1 N–H and O–H groups in total. The third-order valence-corrected chi connectivity index (χ3v) is 2.32. The normalized spacial score (nSPS) is 12.1. The maximum atomic E-state index is 12.9. The van der Waals surface area contributed by atoms with E-state index >= 15 is 0 Å². The fourth-order valence-electron chi connectivity index (χ4n) is 1.44. The Bertz CT molecular complexity index is 505. The third-order valence-electron chi connectivity index (χ3n) is 2.32. The minimum atomic E-state index is -4.57. The van der Waals surface area contributed by atoms with Crippen LogP contribution in [0.2, 0.25) is 0 Å². The van der Waals surface area contributed by atoms with Gasteiger partial charge in [-0.3, -0.25) is 0 Å². The lowest BCUT2D eigenvalue weighted by molar-refractivity contribution is -0.138. The Labute approximate surface area is 114 Å². The highest BCUT2D eigenvalue weighted by atomic mass is 19.4. The Morgan fingerprint density at radius 1 is 1.40 bits per heavy atom. The summed E-state index contributed by atoms with van der Waals surface area (Å²) in [5.41, 5.74) is -1.13. The monoisotopic (exact) mass is 288 g/mol. The van der Waals surface area contributed by atoms with Gasteiger partial charge in [0, 0.05) is 6.08 Å². The second-order valence-electron chi connectivity index (χ2n) is 4.62. The van der Waals surface area contributed by atoms with Gasteiger partial charge < -0.3 is 9.84 Å². The first-order chi connectivity index (χ1) is 9.20. The van der Waals surface area contributed by atoms with Crippen LogP contribution in [0.3, 0.4) is 0 Å². The number of benzene rings is 1. The van der Waals surface area contributed by atoms with Gasteiger partial charge >= 0.3 is 12.1 Å². The lowest BCUT2D eigenvalue weighted by atomic mass is 10.1. The van der Waals surface area contributed by atoms with Gasteiger partial charge in [-0.1, -0.05) is 19.9 Å². The summed E-state index contributed by atoms with van der Waals surface area (Å²) in [7, 11) is 0. The molecule has 0 aliphatic rings. The smallest absolute Gasteiger partial charge is 0.417 e. The molecule has 0 bridgehead atoms.